The first-order valence-electron chi connectivity index (χ1n) is 8.71. The number of guanidine groups is 1. The molecular formula is C20H26N6. The van der Waals surface area contributed by atoms with Gasteiger partial charge < -0.3 is 14.8 Å². The van der Waals surface area contributed by atoms with Gasteiger partial charge in [-0.05, 0) is 36.8 Å². The first-order chi connectivity index (χ1) is 12.6. The molecular weight excluding hydrogens is 324 g/mol. The van der Waals surface area contributed by atoms with Crippen LogP contribution < -0.4 is 5.32 Å². The maximum absolute atomic E-state index is 4.53. The number of benzene rings is 1. The Morgan fingerprint density at radius 2 is 1.96 bits per heavy atom. The van der Waals surface area contributed by atoms with Gasteiger partial charge in [0.2, 0.25) is 0 Å². The molecule has 1 N–H and O–H groups in total. The second-order valence-corrected chi connectivity index (χ2v) is 6.40. The van der Waals surface area contributed by atoms with Gasteiger partial charge in [0.05, 0.1) is 17.9 Å². The lowest BCUT2D eigenvalue weighted by Crippen LogP contribution is -2.38. The van der Waals surface area contributed by atoms with Crippen molar-refractivity contribution in [3.63, 3.8) is 0 Å². The van der Waals surface area contributed by atoms with Crippen molar-refractivity contribution in [3.05, 3.63) is 71.8 Å². The minimum absolute atomic E-state index is 0.680. The number of aryl methyl sites for hydroxylation is 2. The molecule has 0 unspecified atom stereocenters. The molecule has 0 aliphatic rings. The number of aromatic nitrogens is 3. The van der Waals surface area contributed by atoms with E-state index in [2.05, 4.69) is 62.4 Å². The van der Waals surface area contributed by atoms with E-state index in [9.17, 15) is 0 Å². The highest BCUT2D eigenvalue weighted by molar-refractivity contribution is 5.79. The minimum Gasteiger partial charge on any atom is -0.353 e. The topological polar surface area (TPSA) is 50.4 Å². The monoisotopic (exact) mass is 350 g/mol. The van der Waals surface area contributed by atoms with Crippen molar-refractivity contribution < 1.29 is 0 Å². The Morgan fingerprint density at radius 1 is 1.15 bits per heavy atom. The fourth-order valence-corrected chi connectivity index (χ4v) is 2.97. The smallest absolute Gasteiger partial charge is 0.194 e. The summed E-state index contributed by atoms with van der Waals surface area (Å²) in [6.07, 6.45) is 4.05. The SMILES string of the molecule is CN=C(NCc1ccccc1-n1ccc(C)n1)N(C)Cc1cccn1C. The fourth-order valence-electron chi connectivity index (χ4n) is 2.97. The molecule has 136 valence electrons. The van der Waals surface area contributed by atoms with Crippen LogP contribution in [0.3, 0.4) is 0 Å². The standard InChI is InChI=1S/C20H26N6/c1-16-11-13-26(23-16)19-10-6-5-8-17(19)14-22-20(21-2)25(4)15-18-9-7-12-24(18)3/h5-13H,14-15H2,1-4H3,(H,21,22). The molecule has 2 heterocycles. The van der Waals surface area contributed by atoms with Gasteiger partial charge >= 0.3 is 0 Å². The van der Waals surface area contributed by atoms with Crippen LogP contribution in [0, 0.1) is 6.92 Å². The largest absolute Gasteiger partial charge is 0.353 e. The molecule has 0 amide bonds. The lowest BCUT2D eigenvalue weighted by molar-refractivity contribution is 0.461. The van der Waals surface area contributed by atoms with Gasteiger partial charge in [-0.2, -0.15) is 5.10 Å². The van der Waals surface area contributed by atoms with Crippen molar-refractivity contribution in [1.29, 1.82) is 0 Å². The first kappa shape index (κ1) is 17.8. The third-order valence-electron chi connectivity index (χ3n) is 4.42. The Bertz CT molecular complexity index is 889. The summed E-state index contributed by atoms with van der Waals surface area (Å²) in [6, 6.07) is 14.5. The van der Waals surface area contributed by atoms with Crippen LogP contribution >= 0.6 is 0 Å². The number of hydrogen-bond donors (Lipinski definition) is 1. The Balaban J connectivity index is 1.70. The molecule has 0 saturated carbocycles. The summed E-state index contributed by atoms with van der Waals surface area (Å²) in [5.74, 6) is 0.859. The Labute approximate surface area is 154 Å². The van der Waals surface area contributed by atoms with Crippen molar-refractivity contribution >= 4 is 5.96 Å². The number of aliphatic imine (C=N–C) groups is 1. The molecule has 6 heteroatoms. The maximum Gasteiger partial charge on any atom is 0.194 e. The Hall–Kier alpha value is -3.02. The van der Waals surface area contributed by atoms with E-state index in [-0.39, 0.29) is 0 Å². The third-order valence-corrected chi connectivity index (χ3v) is 4.42. The molecule has 0 saturated heterocycles. The van der Waals surface area contributed by atoms with Gasteiger partial charge in [0.1, 0.15) is 0 Å². The molecule has 0 bridgehead atoms. The molecule has 0 radical (unpaired) electrons. The van der Waals surface area contributed by atoms with Crippen LogP contribution in [-0.4, -0.2) is 39.3 Å². The fraction of sp³-hybridized carbons (Fsp3) is 0.300. The minimum atomic E-state index is 0.680. The van der Waals surface area contributed by atoms with Gasteiger partial charge in [-0.1, -0.05) is 18.2 Å². The Morgan fingerprint density at radius 3 is 2.62 bits per heavy atom. The van der Waals surface area contributed by atoms with E-state index in [1.54, 1.807) is 0 Å². The molecule has 0 fully saturated rings. The summed E-state index contributed by atoms with van der Waals surface area (Å²) >= 11 is 0. The van der Waals surface area contributed by atoms with Crippen molar-refractivity contribution in [3.8, 4) is 5.69 Å². The van der Waals surface area contributed by atoms with E-state index in [0.717, 1.165) is 23.9 Å². The summed E-state index contributed by atoms with van der Waals surface area (Å²) < 4.78 is 4.04. The van der Waals surface area contributed by atoms with E-state index < -0.39 is 0 Å². The van der Waals surface area contributed by atoms with Crippen LogP contribution in [0.15, 0.2) is 59.9 Å². The molecule has 2 aromatic heterocycles. The van der Waals surface area contributed by atoms with Gasteiger partial charge in [-0.3, -0.25) is 4.99 Å². The van der Waals surface area contributed by atoms with E-state index in [4.69, 9.17) is 0 Å². The first-order valence-corrected chi connectivity index (χ1v) is 8.71. The highest BCUT2D eigenvalue weighted by Gasteiger charge is 2.10. The highest BCUT2D eigenvalue weighted by atomic mass is 15.3. The van der Waals surface area contributed by atoms with Crippen LogP contribution in [0.25, 0.3) is 5.69 Å². The van der Waals surface area contributed by atoms with Crippen LogP contribution in [0.4, 0.5) is 0 Å². The van der Waals surface area contributed by atoms with Crippen molar-refractivity contribution in [1.82, 2.24) is 24.6 Å². The highest BCUT2D eigenvalue weighted by Crippen LogP contribution is 2.14. The van der Waals surface area contributed by atoms with Gasteiger partial charge in [0, 0.05) is 45.8 Å². The van der Waals surface area contributed by atoms with Gasteiger partial charge in [0.25, 0.3) is 0 Å². The molecule has 26 heavy (non-hydrogen) atoms. The third kappa shape index (κ3) is 3.96. The predicted octanol–water partition coefficient (Wildman–Crippen LogP) is 2.73. The number of hydrogen-bond acceptors (Lipinski definition) is 2. The van der Waals surface area contributed by atoms with Gasteiger partial charge in [-0.25, -0.2) is 4.68 Å². The summed E-state index contributed by atoms with van der Waals surface area (Å²) in [5.41, 5.74) is 4.49. The quantitative estimate of drug-likeness (QED) is 0.569. The lowest BCUT2D eigenvalue weighted by atomic mass is 10.2. The van der Waals surface area contributed by atoms with Crippen LogP contribution in [0.5, 0.6) is 0 Å². The van der Waals surface area contributed by atoms with E-state index >= 15 is 0 Å². The molecule has 0 spiro atoms. The summed E-state index contributed by atoms with van der Waals surface area (Å²) in [6.45, 7) is 3.47. The second kappa shape index (κ2) is 7.91. The number of nitrogens with zero attached hydrogens (tertiary/aromatic N) is 5. The van der Waals surface area contributed by atoms with Crippen LogP contribution in [0.1, 0.15) is 17.0 Å². The molecule has 0 aliphatic heterocycles. The van der Waals surface area contributed by atoms with Crippen molar-refractivity contribution in [2.24, 2.45) is 12.0 Å². The van der Waals surface area contributed by atoms with E-state index in [0.29, 0.717) is 6.54 Å². The van der Waals surface area contributed by atoms with Crippen LogP contribution in [-0.2, 0) is 20.1 Å². The Kier molecular flexibility index (Phi) is 5.41. The second-order valence-electron chi connectivity index (χ2n) is 6.40. The van der Waals surface area contributed by atoms with E-state index in [1.807, 2.05) is 50.1 Å². The normalized spacial score (nSPS) is 11.6. The van der Waals surface area contributed by atoms with Gasteiger partial charge in [-0.15, -0.1) is 0 Å². The van der Waals surface area contributed by atoms with Gasteiger partial charge in [0.15, 0.2) is 5.96 Å². The van der Waals surface area contributed by atoms with Crippen molar-refractivity contribution in [2.75, 3.05) is 14.1 Å². The summed E-state index contributed by atoms with van der Waals surface area (Å²) in [7, 11) is 5.92. The average Bonchev–Trinajstić information content (AvgIpc) is 3.24. The molecule has 3 aromatic rings. The predicted molar refractivity (Wildman–Crippen MR) is 105 cm³/mol. The zero-order valence-corrected chi connectivity index (χ0v) is 15.8. The zero-order valence-electron chi connectivity index (χ0n) is 15.8. The molecule has 0 atom stereocenters. The maximum atomic E-state index is 4.53. The number of rotatable bonds is 5. The molecule has 3 rings (SSSR count). The van der Waals surface area contributed by atoms with Crippen molar-refractivity contribution in [2.45, 2.75) is 20.0 Å². The molecule has 1 aromatic carbocycles. The summed E-state index contributed by atoms with van der Waals surface area (Å²) in [5, 5.41) is 7.99. The summed E-state index contributed by atoms with van der Waals surface area (Å²) in [4.78, 5) is 6.54. The van der Waals surface area contributed by atoms with E-state index in [1.165, 1.54) is 11.3 Å². The number of para-hydroxylation sites is 1. The zero-order chi connectivity index (χ0) is 18.5. The molecule has 6 nitrogen and oxygen atoms in total. The van der Waals surface area contributed by atoms with Crippen LogP contribution in [0.2, 0.25) is 0 Å². The lowest BCUT2D eigenvalue weighted by Gasteiger charge is -2.23. The molecule has 0 aliphatic carbocycles. The average molecular weight is 350 g/mol. The number of nitrogens with one attached hydrogen (secondary N) is 1.